The van der Waals surface area contributed by atoms with E-state index in [1.165, 1.54) is 6.07 Å². The lowest BCUT2D eigenvalue weighted by Gasteiger charge is -2.38. The second-order valence-corrected chi connectivity index (χ2v) is 5.77. The normalized spacial score (nSPS) is 18.0. The van der Waals surface area contributed by atoms with Crippen molar-refractivity contribution in [1.29, 1.82) is 0 Å². The molecule has 0 radical (unpaired) electrons. The Kier molecular flexibility index (Phi) is 6.98. The lowest BCUT2D eigenvalue weighted by atomic mass is 9.89. The monoisotopic (exact) mass is 425 g/mol. The van der Waals surface area contributed by atoms with Crippen molar-refractivity contribution in [2.45, 2.75) is 19.9 Å². The predicted octanol–water partition coefficient (Wildman–Crippen LogP) is 2.85. The number of ether oxygens (including phenoxy) is 1. The van der Waals surface area contributed by atoms with Crippen molar-refractivity contribution in [2.24, 2.45) is 10.4 Å². The van der Waals surface area contributed by atoms with E-state index >= 15 is 0 Å². The zero-order chi connectivity index (χ0) is 15.5. The first-order chi connectivity index (χ1) is 9.93. The Labute approximate surface area is 146 Å². The van der Waals surface area contributed by atoms with Crippen molar-refractivity contribution in [1.82, 2.24) is 10.6 Å². The fraction of sp³-hybridized carbons (Fsp3) is 0.533. The zero-order valence-electron chi connectivity index (χ0n) is 13.0. The average Bonchev–Trinajstić information content (AvgIpc) is 2.44. The summed E-state index contributed by atoms with van der Waals surface area (Å²) in [5.41, 5.74) is 0.790. The third-order valence-electron chi connectivity index (χ3n) is 3.60. The van der Waals surface area contributed by atoms with Crippen LogP contribution in [0.3, 0.4) is 0 Å². The lowest BCUT2D eigenvalue weighted by Crippen LogP contribution is -2.51. The van der Waals surface area contributed by atoms with Gasteiger partial charge in [0.2, 0.25) is 0 Å². The van der Waals surface area contributed by atoms with Gasteiger partial charge in [-0.05, 0) is 24.6 Å². The van der Waals surface area contributed by atoms with Gasteiger partial charge in [0, 0.05) is 19.0 Å². The third-order valence-corrected chi connectivity index (χ3v) is 3.60. The Morgan fingerprint density at radius 2 is 2.05 bits per heavy atom. The van der Waals surface area contributed by atoms with Crippen LogP contribution in [0.2, 0.25) is 0 Å². The van der Waals surface area contributed by atoms with Crippen molar-refractivity contribution in [3.8, 4) is 0 Å². The summed E-state index contributed by atoms with van der Waals surface area (Å²) in [6.07, 6.45) is 0. The number of hydrogen-bond donors (Lipinski definition) is 2. The third kappa shape index (κ3) is 4.77. The topological polar surface area (TPSA) is 45.7 Å². The summed E-state index contributed by atoms with van der Waals surface area (Å²) in [6.45, 7) is 6.21. The molecule has 1 unspecified atom stereocenters. The quantitative estimate of drug-likeness (QED) is 0.443. The summed E-state index contributed by atoms with van der Waals surface area (Å²) < 4.78 is 31.4. The SMILES string of the molecule is CN=C(NCC1(C)COC1)NC(C)c1ccc(F)c(F)c1.I. The van der Waals surface area contributed by atoms with Crippen LogP contribution in [0.4, 0.5) is 8.78 Å². The molecule has 0 spiro atoms. The Bertz CT molecular complexity index is 536. The number of aliphatic imine (C=N–C) groups is 1. The van der Waals surface area contributed by atoms with E-state index in [1.807, 2.05) is 6.92 Å². The Balaban J connectivity index is 0.00000242. The minimum Gasteiger partial charge on any atom is -0.380 e. The van der Waals surface area contributed by atoms with Gasteiger partial charge in [-0.2, -0.15) is 0 Å². The van der Waals surface area contributed by atoms with Crippen LogP contribution >= 0.6 is 24.0 Å². The van der Waals surface area contributed by atoms with Crippen LogP contribution in [0, 0.1) is 17.0 Å². The first-order valence-corrected chi connectivity index (χ1v) is 6.93. The number of benzene rings is 1. The number of nitrogens with zero attached hydrogens (tertiary/aromatic N) is 1. The number of rotatable bonds is 4. The van der Waals surface area contributed by atoms with Gasteiger partial charge in [-0.3, -0.25) is 4.99 Å². The molecule has 1 heterocycles. The Hall–Kier alpha value is -0.960. The molecule has 1 saturated heterocycles. The van der Waals surface area contributed by atoms with Crippen LogP contribution in [-0.4, -0.2) is 32.8 Å². The van der Waals surface area contributed by atoms with E-state index in [1.54, 1.807) is 13.1 Å². The molecule has 0 bridgehead atoms. The van der Waals surface area contributed by atoms with Crippen LogP contribution in [0.25, 0.3) is 0 Å². The Morgan fingerprint density at radius 1 is 1.36 bits per heavy atom. The molecular weight excluding hydrogens is 403 g/mol. The van der Waals surface area contributed by atoms with E-state index in [0.717, 1.165) is 25.8 Å². The number of hydrogen-bond acceptors (Lipinski definition) is 2. The molecule has 1 aliphatic rings. The fourth-order valence-electron chi connectivity index (χ4n) is 2.11. The molecule has 4 nitrogen and oxygen atoms in total. The number of nitrogens with one attached hydrogen (secondary N) is 2. The summed E-state index contributed by atoms with van der Waals surface area (Å²) in [4.78, 5) is 4.14. The van der Waals surface area contributed by atoms with Crippen molar-refractivity contribution >= 4 is 29.9 Å². The zero-order valence-corrected chi connectivity index (χ0v) is 15.3. The summed E-state index contributed by atoms with van der Waals surface area (Å²) in [6, 6.07) is 3.70. The van der Waals surface area contributed by atoms with E-state index in [2.05, 4.69) is 22.5 Å². The smallest absolute Gasteiger partial charge is 0.191 e. The molecule has 7 heteroatoms. The van der Waals surface area contributed by atoms with Crippen molar-refractivity contribution < 1.29 is 13.5 Å². The molecule has 124 valence electrons. The molecule has 2 N–H and O–H groups in total. The van der Waals surface area contributed by atoms with Gasteiger partial charge in [0.15, 0.2) is 17.6 Å². The van der Waals surface area contributed by atoms with Gasteiger partial charge in [0.25, 0.3) is 0 Å². The van der Waals surface area contributed by atoms with Gasteiger partial charge in [-0.15, -0.1) is 24.0 Å². The first-order valence-electron chi connectivity index (χ1n) is 6.93. The van der Waals surface area contributed by atoms with Gasteiger partial charge in [-0.1, -0.05) is 13.0 Å². The average molecular weight is 425 g/mol. The lowest BCUT2D eigenvalue weighted by molar-refractivity contribution is -0.0971. The van der Waals surface area contributed by atoms with E-state index in [0.29, 0.717) is 11.5 Å². The van der Waals surface area contributed by atoms with Gasteiger partial charge in [0.1, 0.15) is 0 Å². The van der Waals surface area contributed by atoms with Gasteiger partial charge in [-0.25, -0.2) is 8.78 Å². The highest BCUT2D eigenvalue weighted by Crippen LogP contribution is 2.25. The predicted molar refractivity (Wildman–Crippen MR) is 93.6 cm³/mol. The molecular formula is C15H22F2IN3O. The van der Waals surface area contributed by atoms with Crippen LogP contribution in [0.15, 0.2) is 23.2 Å². The number of guanidine groups is 1. The molecule has 22 heavy (non-hydrogen) atoms. The van der Waals surface area contributed by atoms with Crippen LogP contribution in [-0.2, 0) is 4.74 Å². The van der Waals surface area contributed by atoms with Crippen molar-refractivity contribution in [2.75, 3.05) is 26.8 Å². The van der Waals surface area contributed by atoms with Gasteiger partial charge >= 0.3 is 0 Å². The van der Waals surface area contributed by atoms with E-state index < -0.39 is 11.6 Å². The molecule has 1 aromatic rings. The molecule has 1 aromatic carbocycles. The second-order valence-electron chi connectivity index (χ2n) is 5.77. The van der Waals surface area contributed by atoms with E-state index in [9.17, 15) is 8.78 Å². The molecule has 1 aliphatic heterocycles. The van der Waals surface area contributed by atoms with E-state index in [4.69, 9.17) is 4.74 Å². The maximum absolute atomic E-state index is 13.3. The summed E-state index contributed by atoms with van der Waals surface area (Å²) in [5, 5.41) is 6.39. The Morgan fingerprint density at radius 3 is 2.55 bits per heavy atom. The minimum absolute atomic E-state index is 0. The molecule has 0 saturated carbocycles. The molecule has 0 aromatic heterocycles. The van der Waals surface area contributed by atoms with Crippen molar-refractivity contribution in [3.05, 3.63) is 35.4 Å². The van der Waals surface area contributed by atoms with Gasteiger partial charge < -0.3 is 15.4 Å². The highest BCUT2D eigenvalue weighted by molar-refractivity contribution is 14.0. The minimum atomic E-state index is -0.844. The molecule has 2 rings (SSSR count). The largest absolute Gasteiger partial charge is 0.380 e. The molecule has 0 amide bonds. The fourth-order valence-corrected chi connectivity index (χ4v) is 2.11. The van der Waals surface area contributed by atoms with Crippen LogP contribution < -0.4 is 10.6 Å². The maximum atomic E-state index is 13.3. The number of halogens is 3. The van der Waals surface area contributed by atoms with Crippen LogP contribution in [0.5, 0.6) is 0 Å². The highest BCUT2D eigenvalue weighted by atomic mass is 127. The second kappa shape index (κ2) is 8.05. The highest BCUT2D eigenvalue weighted by Gasteiger charge is 2.33. The van der Waals surface area contributed by atoms with E-state index in [-0.39, 0.29) is 35.4 Å². The van der Waals surface area contributed by atoms with Gasteiger partial charge in [0.05, 0.1) is 19.3 Å². The molecule has 1 atom stereocenters. The van der Waals surface area contributed by atoms with Crippen LogP contribution in [0.1, 0.15) is 25.5 Å². The van der Waals surface area contributed by atoms with Crippen molar-refractivity contribution in [3.63, 3.8) is 0 Å². The summed E-state index contributed by atoms with van der Waals surface area (Å²) in [7, 11) is 1.67. The maximum Gasteiger partial charge on any atom is 0.191 e. The molecule has 1 fully saturated rings. The standard InChI is InChI=1S/C15H21F2N3O.HI/c1-10(11-4-5-12(16)13(17)6-11)20-14(18-3)19-7-15(2)8-21-9-15;/h4-6,10H,7-9H2,1-3H3,(H2,18,19,20);1H. The summed E-state index contributed by atoms with van der Waals surface area (Å²) in [5.74, 6) is -1.06. The molecule has 0 aliphatic carbocycles. The summed E-state index contributed by atoms with van der Waals surface area (Å²) >= 11 is 0. The first kappa shape index (κ1) is 19.1.